The topological polar surface area (TPSA) is 56.7 Å². The van der Waals surface area contributed by atoms with Crippen molar-refractivity contribution >= 4 is 11.6 Å². The van der Waals surface area contributed by atoms with Crippen molar-refractivity contribution in [1.82, 2.24) is 9.88 Å². The molecule has 1 aromatic heterocycles. The molecule has 0 radical (unpaired) electrons. The number of anilines is 1. The van der Waals surface area contributed by atoms with Crippen LogP contribution in [0, 0.1) is 0 Å². The Morgan fingerprint density at radius 1 is 1.18 bits per heavy atom. The smallest absolute Gasteiger partial charge is 0.223 e. The maximum absolute atomic E-state index is 11.8. The van der Waals surface area contributed by atoms with Gasteiger partial charge in [-0.3, -0.25) is 9.78 Å². The van der Waals surface area contributed by atoms with Crippen LogP contribution in [-0.4, -0.2) is 47.1 Å². The SMILES string of the molecule is CC(=O)N1CCCc2cc([C@H](O)CN3CCC(c4ccncc4)CC3)ccc21. The number of benzene rings is 1. The number of likely N-dealkylation sites (tertiary alicyclic amines) is 1. The highest BCUT2D eigenvalue weighted by molar-refractivity contribution is 5.92. The first-order valence-corrected chi connectivity index (χ1v) is 10.3. The summed E-state index contributed by atoms with van der Waals surface area (Å²) in [5.74, 6) is 0.684. The molecule has 2 aliphatic rings. The molecule has 1 aromatic carbocycles. The summed E-state index contributed by atoms with van der Waals surface area (Å²) in [6.45, 7) is 5.09. The van der Waals surface area contributed by atoms with Gasteiger partial charge in [-0.2, -0.15) is 0 Å². The molecule has 1 saturated heterocycles. The lowest BCUT2D eigenvalue weighted by molar-refractivity contribution is -0.116. The Labute approximate surface area is 167 Å². The van der Waals surface area contributed by atoms with E-state index in [1.165, 1.54) is 11.1 Å². The van der Waals surface area contributed by atoms with E-state index in [1.807, 2.05) is 29.4 Å². The molecule has 4 rings (SSSR count). The van der Waals surface area contributed by atoms with E-state index >= 15 is 0 Å². The average molecular weight is 380 g/mol. The molecule has 3 heterocycles. The van der Waals surface area contributed by atoms with Gasteiger partial charge in [-0.1, -0.05) is 12.1 Å². The van der Waals surface area contributed by atoms with Crippen molar-refractivity contribution in [2.75, 3.05) is 31.1 Å². The van der Waals surface area contributed by atoms with Crippen molar-refractivity contribution in [2.45, 2.75) is 44.6 Å². The van der Waals surface area contributed by atoms with Gasteiger partial charge in [-0.15, -0.1) is 0 Å². The molecule has 2 aliphatic heterocycles. The minimum absolute atomic E-state index is 0.0892. The normalized spacial score (nSPS) is 19.3. The Morgan fingerprint density at radius 3 is 2.64 bits per heavy atom. The van der Waals surface area contributed by atoms with E-state index in [1.54, 1.807) is 6.92 Å². The van der Waals surface area contributed by atoms with Crippen molar-refractivity contribution in [2.24, 2.45) is 0 Å². The predicted octanol–water partition coefficient (Wildman–Crippen LogP) is 3.29. The minimum atomic E-state index is -0.490. The monoisotopic (exact) mass is 379 g/mol. The molecule has 148 valence electrons. The van der Waals surface area contributed by atoms with Gasteiger partial charge in [-0.05, 0) is 79.6 Å². The Bertz CT molecular complexity index is 816. The molecule has 0 unspecified atom stereocenters. The van der Waals surface area contributed by atoms with Crippen LogP contribution in [0.25, 0.3) is 0 Å². The standard InChI is InChI=1S/C23H29N3O2/c1-17(27)26-12-2-3-20-15-21(4-5-22(20)26)23(28)16-25-13-8-19(9-14-25)18-6-10-24-11-7-18/h4-7,10-11,15,19,23,28H,2-3,8-9,12-14,16H2,1H3/t23-/m1/s1. The van der Waals surface area contributed by atoms with E-state index in [0.29, 0.717) is 12.5 Å². The first kappa shape index (κ1) is 19.1. The first-order chi connectivity index (χ1) is 13.6. The summed E-state index contributed by atoms with van der Waals surface area (Å²) in [6.07, 6.45) is 7.44. The Kier molecular flexibility index (Phi) is 5.74. The van der Waals surface area contributed by atoms with Gasteiger partial charge < -0.3 is 14.9 Å². The molecule has 0 saturated carbocycles. The van der Waals surface area contributed by atoms with E-state index in [2.05, 4.69) is 28.1 Å². The number of β-amino-alcohol motifs (C(OH)–C–C–N with tert-alkyl or cyclic N) is 1. The van der Waals surface area contributed by atoms with Crippen molar-refractivity contribution in [3.63, 3.8) is 0 Å². The fraction of sp³-hybridized carbons (Fsp3) is 0.478. The summed E-state index contributed by atoms with van der Waals surface area (Å²) in [7, 11) is 0. The molecular weight excluding hydrogens is 350 g/mol. The summed E-state index contributed by atoms with van der Waals surface area (Å²) in [4.78, 5) is 20.2. The van der Waals surface area contributed by atoms with Crippen LogP contribution in [0.1, 0.15) is 54.9 Å². The Hall–Kier alpha value is -2.24. The lowest BCUT2D eigenvalue weighted by Crippen LogP contribution is -2.36. The minimum Gasteiger partial charge on any atom is -0.387 e. The lowest BCUT2D eigenvalue weighted by atomic mass is 9.90. The number of piperidine rings is 1. The van der Waals surface area contributed by atoms with Crippen molar-refractivity contribution < 1.29 is 9.90 Å². The molecule has 1 atom stereocenters. The molecule has 1 amide bonds. The Balaban J connectivity index is 1.37. The van der Waals surface area contributed by atoms with Gasteiger partial charge in [0.1, 0.15) is 0 Å². The van der Waals surface area contributed by atoms with Crippen LogP contribution in [0.4, 0.5) is 5.69 Å². The molecule has 1 fully saturated rings. The number of aryl methyl sites for hydroxylation is 1. The third-order valence-electron chi connectivity index (χ3n) is 6.18. The molecule has 0 aliphatic carbocycles. The number of aliphatic hydroxyl groups excluding tert-OH is 1. The van der Waals surface area contributed by atoms with Gasteiger partial charge >= 0.3 is 0 Å². The van der Waals surface area contributed by atoms with Crippen LogP contribution in [0.15, 0.2) is 42.7 Å². The third kappa shape index (κ3) is 4.10. The van der Waals surface area contributed by atoms with Gasteiger partial charge in [0.2, 0.25) is 5.91 Å². The maximum Gasteiger partial charge on any atom is 0.223 e. The number of aliphatic hydroxyl groups is 1. The van der Waals surface area contributed by atoms with E-state index in [0.717, 1.165) is 56.6 Å². The quantitative estimate of drug-likeness (QED) is 0.886. The molecule has 0 spiro atoms. The summed E-state index contributed by atoms with van der Waals surface area (Å²) in [6, 6.07) is 10.3. The van der Waals surface area contributed by atoms with Gasteiger partial charge in [0.05, 0.1) is 6.10 Å². The fourth-order valence-electron chi connectivity index (χ4n) is 4.59. The Morgan fingerprint density at radius 2 is 1.93 bits per heavy atom. The number of carbonyl (C=O) groups excluding carboxylic acids is 1. The number of aromatic nitrogens is 1. The number of nitrogens with zero attached hydrogens (tertiary/aromatic N) is 3. The highest BCUT2D eigenvalue weighted by atomic mass is 16.3. The highest BCUT2D eigenvalue weighted by Crippen LogP contribution is 2.31. The number of hydrogen-bond acceptors (Lipinski definition) is 4. The van der Waals surface area contributed by atoms with Crippen molar-refractivity contribution in [3.05, 3.63) is 59.4 Å². The summed E-state index contributed by atoms with van der Waals surface area (Å²) in [5.41, 5.74) is 4.52. The van der Waals surface area contributed by atoms with Crippen LogP contribution in [0.2, 0.25) is 0 Å². The van der Waals surface area contributed by atoms with Gasteiger partial charge in [0.15, 0.2) is 0 Å². The fourth-order valence-corrected chi connectivity index (χ4v) is 4.59. The summed E-state index contributed by atoms with van der Waals surface area (Å²) >= 11 is 0. The van der Waals surface area contributed by atoms with Gasteiger partial charge in [-0.25, -0.2) is 0 Å². The number of rotatable bonds is 4. The summed E-state index contributed by atoms with van der Waals surface area (Å²) < 4.78 is 0. The zero-order valence-corrected chi connectivity index (χ0v) is 16.6. The lowest BCUT2D eigenvalue weighted by Gasteiger charge is -2.34. The second-order valence-electron chi connectivity index (χ2n) is 8.03. The molecular formula is C23H29N3O2. The van der Waals surface area contributed by atoms with E-state index in [9.17, 15) is 9.90 Å². The van der Waals surface area contributed by atoms with Crippen LogP contribution in [-0.2, 0) is 11.2 Å². The largest absolute Gasteiger partial charge is 0.387 e. The molecule has 0 bridgehead atoms. The number of amides is 1. The van der Waals surface area contributed by atoms with Crippen LogP contribution >= 0.6 is 0 Å². The van der Waals surface area contributed by atoms with Crippen molar-refractivity contribution in [3.8, 4) is 0 Å². The van der Waals surface area contributed by atoms with Crippen LogP contribution in [0.5, 0.6) is 0 Å². The molecule has 5 heteroatoms. The highest BCUT2D eigenvalue weighted by Gasteiger charge is 2.24. The average Bonchev–Trinajstić information content (AvgIpc) is 2.74. The van der Waals surface area contributed by atoms with E-state index < -0.39 is 6.10 Å². The zero-order chi connectivity index (χ0) is 19.5. The van der Waals surface area contributed by atoms with Gasteiger partial charge in [0, 0.05) is 38.1 Å². The van der Waals surface area contributed by atoms with Crippen molar-refractivity contribution in [1.29, 1.82) is 0 Å². The molecule has 1 N–H and O–H groups in total. The zero-order valence-electron chi connectivity index (χ0n) is 16.6. The van der Waals surface area contributed by atoms with Crippen LogP contribution in [0.3, 0.4) is 0 Å². The first-order valence-electron chi connectivity index (χ1n) is 10.3. The maximum atomic E-state index is 11.8. The number of fused-ring (bicyclic) bond motifs is 1. The number of hydrogen-bond donors (Lipinski definition) is 1. The number of carbonyl (C=O) groups is 1. The summed E-state index contributed by atoms with van der Waals surface area (Å²) in [5, 5.41) is 10.8. The molecule has 5 nitrogen and oxygen atoms in total. The third-order valence-corrected chi connectivity index (χ3v) is 6.18. The number of pyridine rings is 1. The van der Waals surface area contributed by atoms with E-state index in [4.69, 9.17) is 0 Å². The molecule has 2 aromatic rings. The second-order valence-corrected chi connectivity index (χ2v) is 8.03. The molecule has 28 heavy (non-hydrogen) atoms. The van der Waals surface area contributed by atoms with Crippen LogP contribution < -0.4 is 4.90 Å². The second kappa shape index (κ2) is 8.41. The van der Waals surface area contributed by atoms with Gasteiger partial charge in [0.25, 0.3) is 0 Å². The van der Waals surface area contributed by atoms with E-state index in [-0.39, 0.29) is 5.91 Å². The predicted molar refractivity (Wildman–Crippen MR) is 110 cm³/mol.